The SMILES string of the molecule is CCCOC(COCC1CCC(COCC2CO2)CC1)COCC1OC1I. The molecule has 0 aromatic carbocycles. The van der Waals surface area contributed by atoms with E-state index in [0.29, 0.717) is 41.9 Å². The lowest BCUT2D eigenvalue weighted by Crippen LogP contribution is -2.29. The number of alkyl halides is 1. The molecule has 0 spiro atoms. The van der Waals surface area contributed by atoms with Gasteiger partial charge in [-0.05, 0) is 66.5 Å². The van der Waals surface area contributed by atoms with Gasteiger partial charge in [-0.1, -0.05) is 6.92 Å². The van der Waals surface area contributed by atoms with Crippen molar-refractivity contribution in [3.8, 4) is 0 Å². The van der Waals surface area contributed by atoms with E-state index in [9.17, 15) is 0 Å². The Morgan fingerprint density at radius 2 is 1.52 bits per heavy atom. The molecule has 2 heterocycles. The van der Waals surface area contributed by atoms with Crippen molar-refractivity contribution in [3.05, 3.63) is 0 Å². The van der Waals surface area contributed by atoms with Crippen molar-refractivity contribution in [1.29, 1.82) is 0 Å². The maximum absolute atomic E-state index is 6.00. The Balaban J connectivity index is 1.21. The largest absolute Gasteiger partial charge is 0.378 e. The molecule has 1 saturated carbocycles. The van der Waals surface area contributed by atoms with Crippen LogP contribution in [0.15, 0.2) is 0 Å². The lowest BCUT2D eigenvalue weighted by atomic mass is 9.83. The highest BCUT2D eigenvalue weighted by molar-refractivity contribution is 14.1. The number of hydrogen-bond donors (Lipinski definition) is 0. The first kappa shape index (κ1) is 22.2. The summed E-state index contributed by atoms with van der Waals surface area (Å²) in [5.41, 5.74) is 0. The zero-order valence-electron chi connectivity index (χ0n) is 16.5. The number of rotatable bonds is 15. The van der Waals surface area contributed by atoms with Gasteiger partial charge in [0.1, 0.15) is 22.4 Å². The van der Waals surface area contributed by atoms with Gasteiger partial charge >= 0.3 is 0 Å². The molecule has 3 rings (SSSR count). The summed E-state index contributed by atoms with van der Waals surface area (Å²) >= 11 is 2.29. The molecule has 4 unspecified atom stereocenters. The van der Waals surface area contributed by atoms with Gasteiger partial charge in [-0.15, -0.1) is 0 Å². The molecular weight excluding hydrogens is 463 g/mol. The van der Waals surface area contributed by atoms with Crippen LogP contribution in [0.25, 0.3) is 0 Å². The van der Waals surface area contributed by atoms with Crippen molar-refractivity contribution in [2.45, 2.75) is 61.5 Å². The van der Waals surface area contributed by atoms with E-state index in [0.717, 1.165) is 39.5 Å². The van der Waals surface area contributed by atoms with Crippen LogP contribution in [0.4, 0.5) is 0 Å². The fraction of sp³-hybridized carbons (Fsp3) is 1.00. The van der Waals surface area contributed by atoms with Gasteiger partial charge in [0.25, 0.3) is 0 Å². The third kappa shape index (κ3) is 9.23. The molecule has 0 N–H and O–H groups in total. The predicted octanol–water partition coefficient (Wildman–Crippen LogP) is 3.20. The Kier molecular flexibility index (Phi) is 10.1. The highest BCUT2D eigenvalue weighted by Crippen LogP contribution is 2.30. The van der Waals surface area contributed by atoms with Crippen LogP contribution >= 0.6 is 22.6 Å². The van der Waals surface area contributed by atoms with Crippen LogP contribution in [0.2, 0.25) is 0 Å². The first-order valence-corrected chi connectivity index (χ1v) is 11.7. The fourth-order valence-corrected chi connectivity index (χ4v) is 4.03. The van der Waals surface area contributed by atoms with Crippen LogP contribution in [0.1, 0.15) is 39.0 Å². The number of ether oxygens (including phenoxy) is 6. The minimum Gasteiger partial charge on any atom is -0.378 e. The lowest BCUT2D eigenvalue weighted by molar-refractivity contribution is -0.0683. The van der Waals surface area contributed by atoms with Crippen molar-refractivity contribution >= 4 is 22.6 Å². The van der Waals surface area contributed by atoms with Gasteiger partial charge in [0.05, 0.1) is 33.0 Å². The van der Waals surface area contributed by atoms with Crippen LogP contribution in [0, 0.1) is 11.8 Å². The van der Waals surface area contributed by atoms with Gasteiger partial charge in [-0.25, -0.2) is 0 Å². The summed E-state index contributed by atoms with van der Waals surface area (Å²) in [6.07, 6.45) is 6.63. The molecule has 3 fully saturated rings. The zero-order valence-corrected chi connectivity index (χ0v) is 18.6. The van der Waals surface area contributed by atoms with Crippen molar-refractivity contribution in [2.24, 2.45) is 11.8 Å². The Hall–Kier alpha value is 0.490. The number of hydrogen-bond acceptors (Lipinski definition) is 6. The average Bonchev–Trinajstić information content (AvgIpc) is 3.60. The second-order valence-electron chi connectivity index (χ2n) is 7.97. The number of halogens is 1. The number of epoxide rings is 2. The van der Waals surface area contributed by atoms with Crippen LogP contribution in [0.3, 0.4) is 0 Å². The van der Waals surface area contributed by atoms with E-state index in [1.807, 2.05) is 0 Å². The van der Waals surface area contributed by atoms with E-state index >= 15 is 0 Å². The Morgan fingerprint density at radius 3 is 2.07 bits per heavy atom. The summed E-state index contributed by atoms with van der Waals surface area (Å²) in [5.74, 6) is 1.38. The monoisotopic (exact) mass is 498 g/mol. The summed E-state index contributed by atoms with van der Waals surface area (Å²) in [6, 6.07) is 0. The van der Waals surface area contributed by atoms with E-state index in [2.05, 4.69) is 29.5 Å². The van der Waals surface area contributed by atoms with Gasteiger partial charge in [0.2, 0.25) is 0 Å². The summed E-state index contributed by atoms with van der Waals surface area (Å²) in [7, 11) is 0. The van der Waals surface area contributed by atoms with Crippen molar-refractivity contribution in [1.82, 2.24) is 0 Å². The maximum atomic E-state index is 6.00. The molecule has 6 nitrogen and oxygen atoms in total. The molecule has 0 bridgehead atoms. The molecule has 2 saturated heterocycles. The maximum Gasteiger partial charge on any atom is 0.137 e. The molecule has 0 aromatic heterocycles. The van der Waals surface area contributed by atoms with Gasteiger partial charge < -0.3 is 28.4 Å². The molecule has 4 atom stereocenters. The molecule has 0 amide bonds. The molecule has 27 heavy (non-hydrogen) atoms. The van der Waals surface area contributed by atoms with Gasteiger partial charge in [-0.2, -0.15) is 0 Å². The minimum absolute atomic E-state index is 0.0192. The Bertz CT molecular complexity index is 400. The zero-order chi connectivity index (χ0) is 18.9. The van der Waals surface area contributed by atoms with E-state index in [-0.39, 0.29) is 12.2 Å². The molecule has 7 heteroatoms. The molecule has 0 radical (unpaired) electrons. The highest BCUT2D eigenvalue weighted by atomic mass is 127. The van der Waals surface area contributed by atoms with E-state index in [1.54, 1.807) is 0 Å². The molecule has 0 aromatic rings. The average molecular weight is 498 g/mol. The van der Waals surface area contributed by atoms with Crippen molar-refractivity contribution < 1.29 is 28.4 Å². The molecule has 1 aliphatic carbocycles. The summed E-state index contributed by atoms with van der Waals surface area (Å²) in [4.78, 5) is 0. The molecule has 2 aliphatic heterocycles. The fourth-order valence-electron chi connectivity index (χ4n) is 3.44. The third-order valence-corrected chi connectivity index (χ3v) is 6.44. The van der Waals surface area contributed by atoms with Crippen LogP contribution in [0.5, 0.6) is 0 Å². The smallest absolute Gasteiger partial charge is 0.137 e. The Labute approximate surface area is 177 Å². The summed E-state index contributed by atoms with van der Waals surface area (Å²) in [6.45, 7) is 8.10. The topological polar surface area (TPSA) is 62.0 Å². The summed E-state index contributed by atoms with van der Waals surface area (Å²) in [5, 5.41) is 0. The minimum atomic E-state index is 0.0192. The first-order chi connectivity index (χ1) is 13.2. The van der Waals surface area contributed by atoms with Gasteiger partial charge in [-0.3, -0.25) is 0 Å². The van der Waals surface area contributed by atoms with E-state index in [1.165, 1.54) is 25.7 Å². The van der Waals surface area contributed by atoms with Gasteiger partial charge in [0.15, 0.2) is 0 Å². The first-order valence-electron chi connectivity index (χ1n) is 10.5. The van der Waals surface area contributed by atoms with Crippen molar-refractivity contribution in [2.75, 3.05) is 52.9 Å². The third-order valence-electron chi connectivity index (χ3n) is 5.35. The second kappa shape index (κ2) is 12.2. The molecule has 158 valence electrons. The summed E-state index contributed by atoms with van der Waals surface area (Å²) < 4.78 is 34.2. The van der Waals surface area contributed by atoms with Gasteiger partial charge in [0, 0.05) is 19.8 Å². The van der Waals surface area contributed by atoms with E-state index in [4.69, 9.17) is 28.4 Å². The molecule has 3 aliphatic rings. The second-order valence-corrected chi connectivity index (χ2v) is 9.20. The Morgan fingerprint density at radius 1 is 0.926 bits per heavy atom. The standard InChI is InChI=1S/C20H35IO6/c1-2-7-25-17(11-24-14-19-20(21)27-19)10-22-8-15-3-5-16(6-4-15)9-23-12-18-13-26-18/h15-20H,2-14H2,1H3. The lowest BCUT2D eigenvalue weighted by Gasteiger charge is -2.28. The normalized spacial score (nSPS) is 33.8. The van der Waals surface area contributed by atoms with Crippen LogP contribution in [-0.4, -0.2) is 75.3 Å². The van der Waals surface area contributed by atoms with E-state index < -0.39 is 0 Å². The predicted molar refractivity (Wildman–Crippen MR) is 110 cm³/mol. The highest BCUT2D eigenvalue weighted by Gasteiger charge is 2.36. The van der Waals surface area contributed by atoms with Crippen LogP contribution in [-0.2, 0) is 28.4 Å². The van der Waals surface area contributed by atoms with Crippen molar-refractivity contribution in [3.63, 3.8) is 0 Å². The van der Waals surface area contributed by atoms with Crippen LogP contribution < -0.4 is 0 Å². The molecular formula is C20H35IO6. The quantitative estimate of drug-likeness (QED) is 0.196.